The van der Waals surface area contributed by atoms with Crippen molar-refractivity contribution in [1.82, 2.24) is 15.0 Å². The molecule has 1 heterocycles. The molecule has 0 saturated carbocycles. The van der Waals surface area contributed by atoms with E-state index in [1.165, 1.54) is 0 Å². The molecule has 0 unspecified atom stereocenters. The molecule has 0 fully saturated rings. The number of hydrogen-bond donors (Lipinski definition) is 1. The van der Waals surface area contributed by atoms with E-state index in [0.717, 1.165) is 19.6 Å². The quantitative estimate of drug-likeness (QED) is 0.697. The lowest BCUT2D eigenvalue weighted by molar-refractivity contribution is 0.154. The van der Waals surface area contributed by atoms with Gasteiger partial charge in [0.15, 0.2) is 0 Å². The number of nitrogen functional groups attached to an aromatic ring is 1. The molecule has 0 atom stereocenters. The third kappa shape index (κ3) is 4.51. The number of anilines is 3. The van der Waals surface area contributed by atoms with Crippen LogP contribution in [-0.4, -0.2) is 54.8 Å². The van der Waals surface area contributed by atoms with Gasteiger partial charge in [0, 0.05) is 33.3 Å². The maximum Gasteiger partial charge on any atom is 0.231 e. The molecule has 7 heteroatoms. The molecular weight excluding hydrogens is 244 g/mol. The van der Waals surface area contributed by atoms with Gasteiger partial charge in [-0.3, -0.25) is 0 Å². The molecule has 19 heavy (non-hydrogen) atoms. The standard InChI is InChI=1S/C12H24N6O/c1-5-18(6-2)12-15-10(13)14-11(16-12)17(4)8-9-19-7-3/h5-9H2,1-4H3,(H2,13,14,15,16). The normalized spacial score (nSPS) is 10.5. The zero-order valence-electron chi connectivity index (χ0n) is 12.3. The smallest absolute Gasteiger partial charge is 0.231 e. The summed E-state index contributed by atoms with van der Waals surface area (Å²) in [6.45, 7) is 9.82. The molecule has 0 spiro atoms. The maximum absolute atomic E-state index is 5.75. The molecular formula is C12H24N6O. The highest BCUT2D eigenvalue weighted by molar-refractivity contribution is 5.42. The zero-order valence-corrected chi connectivity index (χ0v) is 12.3. The van der Waals surface area contributed by atoms with Crippen molar-refractivity contribution in [3.8, 4) is 0 Å². The van der Waals surface area contributed by atoms with E-state index in [0.29, 0.717) is 25.1 Å². The van der Waals surface area contributed by atoms with Gasteiger partial charge < -0.3 is 20.3 Å². The van der Waals surface area contributed by atoms with Crippen LogP contribution in [-0.2, 0) is 4.74 Å². The first kappa shape index (κ1) is 15.4. The van der Waals surface area contributed by atoms with E-state index in [4.69, 9.17) is 10.5 Å². The van der Waals surface area contributed by atoms with Crippen LogP contribution in [0.25, 0.3) is 0 Å². The highest BCUT2D eigenvalue weighted by Crippen LogP contribution is 2.13. The Kier molecular flexibility index (Phi) is 6.27. The average Bonchev–Trinajstić information content (AvgIpc) is 2.39. The fourth-order valence-electron chi connectivity index (χ4n) is 1.63. The molecule has 0 aliphatic carbocycles. The van der Waals surface area contributed by atoms with Crippen LogP contribution in [0.2, 0.25) is 0 Å². The molecule has 1 aromatic heterocycles. The lowest BCUT2D eigenvalue weighted by Crippen LogP contribution is -2.29. The number of hydrogen-bond acceptors (Lipinski definition) is 7. The largest absolute Gasteiger partial charge is 0.380 e. The summed E-state index contributed by atoms with van der Waals surface area (Å²) in [5, 5.41) is 0. The van der Waals surface area contributed by atoms with Crippen molar-refractivity contribution in [3.63, 3.8) is 0 Å². The van der Waals surface area contributed by atoms with Crippen molar-refractivity contribution < 1.29 is 4.74 Å². The predicted octanol–water partition coefficient (Wildman–Crippen LogP) is 0.773. The van der Waals surface area contributed by atoms with Crippen LogP contribution >= 0.6 is 0 Å². The van der Waals surface area contributed by atoms with Crippen LogP contribution in [0.1, 0.15) is 20.8 Å². The Balaban J connectivity index is 2.83. The van der Waals surface area contributed by atoms with Crippen molar-refractivity contribution in [2.75, 3.05) is 55.4 Å². The van der Waals surface area contributed by atoms with E-state index < -0.39 is 0 Å². The Morgan fingerprint density at radius 1 is 1.05 bits per heavy atom. The highest BCUT2D eigenvalue weighted by Gasteiger charge is 2.12. The van der Waals surface area contributed by atoms with Crippen molar-refractivity contribution in [3.05, 3.63) is 0 Å². The third-order valence-corrected chi connectivity index (χ3v) is 2.79. The molecule has 0 bridgehead atoms. The molecule has 2 N–H and O–H groups in total. The Morgan fingerprint density at radius 2 is 1.68 bits per heavy atom. The Labute approximate surface area is 114 Å². The number of ether oxygens (including phenoxy) is 1. The van der Waals surface area contributed by atoms with Gasteiger partial charge >= 0.3 is 0 Å². The molecule has 0 radical (unpaired) electrons. The Bertz CT molecular complexity index is 382. The van der Waals surface area contributed by atoms with E-state index in [1.807, 2.05) is 23.8 Å². The first-order valence-electron chi connectivity index (χ1n) is 6.67. The van der Waals surface area contributed by atoms with Gasteiger partial charge in [0.2, 0.25) is 17.8 Å². The topological polar surface area (TPSA) is 80.4 Å². The number of likely N-dealkylation sites (N-methyl/N-ethyl adjacent to an activating group) is 1. The van der Waals surface area contributed by atoms with E-state index in [9.17, 15) is 0 Å². The number of rotatable bonds is 8. The van der Waals surface area contributed by atoms with E-state index in [2.05, 4.69) is 28.8 Å². The summed E-state index contributed by atoms with van der Waals surface area (Å²) in [4.78, 5) is 16.7. The molecule has 108 valence electrons. The maximum atomic E-state index is 5.75. The first-order valence-corrected chi connectivity index (χ1v) is 6.67. The second-order valence-corrected chi connectivity index (χ2v) is 4.08. The van der Waals surface area contributed by atoms with Gasteiger partial charge in [-0.05, 0) is 20.8 Å². The molecule has 0 amide bonds. The molecule has 7 nitrogen and oxygen atoms in total. The molecule has 0 aliphatic heterocycles. The first-order chi connectivity index (χ1) is 9.12. The summed E-state index contributed by atoms with van der Waals surface area (Å²) in [6.07, 6.45) is 0. The monoisotopic (exact) mass is 268 g/mol. The lowest BCUT2D eigenvalue weighted by atomic mass is 10.5. The van der Waals surface area contributed by atoms with Crippen LogP contribution in [0.5, 0.6) is 0 Å². The number of aromatic nitrogens is 3. The van der Waals surface area contributed by atoms with Crippen LogP contribution in [0, 0.1) is 0 Å². The van der Waals surface area contributed by atoms with Crippen molar-refractivity contribution in [1.29, 1.82) is 0 Å². The van der Waals surface area contributed by atoms with E-state index >= 15 is 0 Å². The van der Waals surface area contributed by atoms with Crippen LogP contribution < -0.4 is 15.5 Å². The van der Waals surface area contributed by atoms with Crippen molar-refractivity contribution in [2.24, 2.45) is 0 Å². The minimum Gasteiger partial charge on any atom is -0.380 e. The summed E-state index contributed by atoms with van der Waals surface area (Å²) < 4.78 is 5.32. The second-order valence-electron chi connectivity index (χ2n) is 4.08. The van der Waals surface area contributed by atoms with E-state index in [1.54, 1.807) is 0 Å². The number of nitrogens with two attached hydrogens (primary N) is 1. The molecule has 0 saturated heterocycles. The second kappa shape index (κ2) is 7.73. The SMILES string of the molecule is CCOCCN(C)c1nc(N)nc(N(CC)CC)n1. The lowest BCUT2D eigenvalue weighted by Gasteiger charge is -2.22. The van der Waals surface area contributed by atoms with Gasteiger partial charge in [0.25, 0.3) is 0 Å². The Morgan fingerprint density at radius 3 is 2.26 bits per heavy atom. The molecule has 1 rings (SSSR count). The zero-order chi connectivity index (χ0) is 14.3. The molecule has 0 aliphatic rings. The van der Waals surface area contributed by atoms with Crippen LogP contribution in [0.15, 0.2) is 0 Å². The molecule has 0 aromatic carbocycles. The fraction of sp³-hybridized carbons (Fsp3) is 0.750. The molecule has 1 aromatic rings. The minimum atomic E-state index is 0.246. The van der Waals surface area contributed by atoms with Gasteiger partial charge in [-0.15, -0.1) is 0 Å². The average molecular weight is 268 g/mol. The van der Waals surface area contributed by atoms with Gasteiger partial charge in [-0.2, -0.15) is 15.0 Å². The summed E-state index contributed by atoms with van der Waals surface area (Å²) in [7, 11) is 1.92. The Hall–Kier alpha value is -1.63. The summed E-state index contributed by atoms with van der Waals surface area (Å²) in [6, 6.07) is 0. The fourth-order valence-corrected chi connectivity index (χ4v) is 1.63. The highest BCUT2D eigenvalue weighted by atomic mass is 16.5. The van der Waals surface area contributed by atoms with Gasteiger partial charge in [-0.1, -0.05) is 0 Å². The summed E-state index contributed by atoms with van der Waals surface area (Å²) in [5.41, 5.74) is 5.75. The van der Waals surface area contributed by atoms with Gasteiger partial charge in [-0.25, -0.2) is 0 Å². The number of nitrogens with zero attached hydrogens (tertiary/aromatic N) is 5. The summed E-state index contributed by atoms with van der Waals surface area (Å²) >= 11 is 0. The van der Waals surface area contributed by atoms with Crippen LogP contribution in [0.4, 0.5) is 17.8 Å². The minimum absolute atomic E-state index is 0.246. The van der Waals surface area contributed by atoms with Crippen LogP contribution in [0.3, 0.4) is 0 Å². The van der Waals surface area contributed by atoms with Gasteiger partial charge in [0.05, 0.1) is 6.61 Å². The van der Waals surface area contributed by atoms with E-state index in [-0.39, 0.29) is 5.95 Å². The van der Waals surface area contributed by atoms with Crippen molar-refractivity contribution >= 4 is 17.8 Å². The third-order valence-electron chi connectivity index (χ3n) is 2.79. The predicted molar refractivity (Wildman–Crippen MR) is 77.6 cm³/mol. The van der Waals surface area contributed by atoms with Crippen molar-refractivity contribution in [2.45, 2.75) is 20.8 Å². The van der Waals surface area contributed by atoms with Gasteiger partial charge in [0.1, 0.15) is 0 Å². The summed E-state index contributed by atoms with van der Waals surface area (Å²) in [5.74, 6) is 1.44.